The minimum Gasteiger partial charge on any atom is -0.377 e. The number of piperidine rings is 1. The second kappa shape index (κ2) is 6.97. The summed E-state index contributed by atoms with van der Waals surface area (Å²) in [6, 6.07) is -0.0296. The number of amides is 1. The molecule has 0 N–H and O–H groups in total. The van der Waals surface area contributed by atoms with Gasteiger partial charge < -0.3 is 9.64 Å². The van der Waals surface area contributed by atoms with Gasteiger partial charge in [-0.15, -0.1) is 0 Å². The Morgan fingerprint density at radius 1 is 1.53 bits per heavy atom. The van der Waals surface area contributed by atoms with Crippen molar-refractivity contribution < 1.29 is 9.53 Å². The molecule has 1 fully saturated rings. The minimum atomic E-state index is -0.0296. The lowest BCUT2D eigenvalue weighted by Gasteiger charge is -2.36. The van der Waals surface area contributed by atoms with E-state index < -0.39 is 0 Å². The number of nitrogens with zero attached hydrogens (tertiary/aromatic N) is 2. The molecule has 0 aliphatic carbocycles. The maximum absolute atomic E-state index is 11.9. The van der Waals surface area contributed by atoms with E-state index in [4.69, 9.17) is 4.74 Å². The number of ether oxygens (including phenoxy) is 1. The lowest BCUT2D eigenvalue weighted by atomic mass is 10.1. The smallest absolute Gasteiger partial charge is 0.239 e. The standard InChI is InChI=1S/C13H26N2O2/c1-5-9-17-12-7-6-8-15(10-12)11(2)13(16)14(3)4/h11-12H,5-10H2,1-4H3/t11-,12+/m0/s1. The normalized spacial score (nSPS) is 23.4. The van der Waals surface area contributed by atoms with Gasteiger partial charge in [0, 0.05) is 27.2 Å². The van der Waals surface area contributed by atoms with Crippen LogP contribution in [0.1, 0.15) is 33.1 Å². The Bertz CT molecular complexity index is 244. The van der Waals surface area contributed by atoms with Crippen LogP contribution in [0, 0.1) is 0 Å². The number of carbonyl (C=O) groups excluding carboxylic acids is 1. The fourth-order valence-electron chi connectivity index (χ4n) is 2.27. The summed E-state index contributed by atoms with van der Waals surface area (Å²) in [7, 11) is 3.63. The average molecular weight is 242 g/mol. The second-order valence-electron chi connectivity index (χ2n) is 5.04. The molecule has 1 aliphatic rings. The maximum atomic E-state index is 11.9. The molecule has 2 atom stereocenters. The fourth-order valence-corrected chi connectivity index (χ4v) is 2.27. The molecule has 1 amide bonds. The SMILES string of the molecule is CCCO[C@@H]1CCCN([C@@H](C)C(=O)N(C)C)C1. The van der Waals surface area contributed by atoms with Crippen LogP contribution in [-0.2, 0) is 9.53 Å². The Labute approximate surface area is 105 Å². The van der Waals surface area contributed by atoms with E-state index in [1.807, 2.05) is 21.0 Å². The Morgan fingerprint density at radius 3 is 2.82 bits per heavy atom. The first-order valence-corrected chi connectivity index (χ1v) is 6.63. The van der Waals surface area contributed by atoms with Crippen molar-refractivity contribution in [1.29, 1.82) is 0 Å². The van der Waals surface area contributed by atoms with Crippen LogP contribution in [0.4, 0.5) is 0 Å². The van der Waals surface area contributed by atoms with Gasteiger partial charge in [0.05, 0.1) is 12.1 Å². The number of likely N-dealkylation sites (N-methyl/N-ethyl adjacent to an activating group) is 1. The summed E-state index contributed by atoms with van der Waals surface area (Å²) in [6.45, 7) is 6.84. The molecule has 100 valence electrons. The molecular weight excluding hydrogens is 216 g/mol. The number of hydrogen-bond acceptors (Lipinski definition) is 3. The predicted octanol–water partition coefficient (Wildman–Crippen LogP) is 1.35. The third-order valence-corrected chi connectivity index (χ3v) is 3.31. The van der Waals surface area contributed by atoms with Crippen LogP contribution in [0.2, 0.25) is 0 Å². The van der Waals surface area contributed by atoms with Gasteiger partial charge in [-0.2, -0.15) is 0 Å². The lowest BCUT2D eigenvalue weighted by molar-refractivity contribution is -0.135. The molecule has 0 spiro atoms. The number of rotatable bonds is 5. The van der Waals surface area contributed by atoms with E-state index in [0.717, 1.165) is 39.0 Å². The van der Waals surface area contributed by atoms with E-state index in [1.165, 1.54) is 0 Å². The van der Waals surface area contributed by atoms with Crippen molar-refractivity contribution in [3.05, 3.63) is 0 Å². The van der Waals surface area contributed by atoms with Gasteiger partial charge in [0.15, 0.2) is 0 Å². The van der Waals surface area contributed by atoms with Crippen molar-refractivity contribution in [1.82, 2.24) is 9.80 Å². The van der Waals surface area contributed by atoms with Crippen LogP contribution < -0.4 is 0 Å². The highest BCUT2D eigenvalue weighted by Crippen LogP contribution is 2.16. The molecule has 4 nitrogen and oxygen atoms in total. The zero-order valence-corrected chi connectivity index (χ0v) is 11.6. The van der Waals surface area contributed by atoms with E-state index in [0.29, 0.717) is 6.10 Å². The van der Waals surface area contributed by atoms with Crippen molar-refractivity contribution in [2.24, 2.45) is 0 Å². The Balaban J connectivity index is 2.45. The number of likely N-dealkylation sites (tertiary alicyclic amines) is 1. The van der Waals surface area contributed by atoms with Crippen LogP contribution >= 0.6 is 0 Å². The van der Waals surface area contributed by atoms with Crippen molar-refractivity contribution in [3.63, 3.8) is 0 Å². The van der Waals surface area contributed by atoms with Crippen molar-refractivity contribution in [2.75, 3.05) is 33.8 Å². The molecule has 0 aromatic carbocycles. The largest absolute Gasteiger partial charge is 0.377 e. The zero-order valence-electron chi connectivity index (χ0n) is 11.6. The van der Waals surface area contributed by atoms with E-state index in [1.54, 1.807) is 4.90 Å². The molecule has 1 aliphatic heterocycles. The molecule has 0 radical (unpaired) electrons. The summed E-state index contributed by atoms with van der Waals surface area (Å²) in [5, 5.41) is 0. The van der Waals surface area contributed by atoms with Crippen LogP contribution in [-0.4, -0.2) is 61.6 Å². The van der Waals surface area contributed by atoms with Crippen molar-refractivity contribution in [2.45, 2.75) is 45.3 Å². The van der Waals surface area contributed by atoms with Crippen molar-refractivity contribution in [3.8, 4) is 0 Å². The molecule has 0 aromatic heterocycles. The van der Waals surface area contributed by atoms with Crippen LogP contribution in [0.25, 0.3) is 0 Å². The van der Waals surface area contributed by atoms with Gasteiger partial charge in [-0.25, -0.2) is 0 Å². The maximum Gasteiger partial charge on any atom is 0.239 e. The monoisotopic (exact) mass is 242 g/mol. The molecule has 0 unspecified atom stereocenters. The zero-order chi connectivity index (χ0) is 12.8. The first kappa shape index (κ1) is 14.5. The molecule has 0 bridgehead atoms. The molecule has 17 heavy (non-hydrogen) atoms. The van der Waals surface area contributed by atoms with Gasteiger partial charge in [0.2, 0.25) is 5.91 Å². The first-order chi connectivity index (χ1) is 8.06. The Kier molecular flexibility index (Phi) is 5.92. The molecule has 1 saturated heterocycles. The quantitative estimate of drug-likeness (QED) is 0.729. The van der Waals surface area contributed by atoms with Crippen LogP contribution in [0.3, 0.4) is 0 Å². The highest BCUT2D eigenvalue weighted by Gasteiger charge is 2.28. The molecule has 1 heterocycles. The van der Waals surface area contributed by atoms with Crippen LogP contribution in [0.15, 0.2) is 0 Å². The number of hydrogen-bond donors (Lipinski definition) is 0. The summed E-state index contributed by atoms with van der Waals surface area (Å²) < 4.78 is 5.79. The highest BCUT2D eigenvalue weighted by molar-refractivity contribution is 5.80. The van der Waals surface area contributed by atoms with Gasteiger partial charge in [0.1, 0.15) is 0 Å². The molecule has 1 rings (SSSR count). The third kappa shape index (κ3) is 4.28. The Hall–Kier alpha value is -0.610. The minimum absolute atomic E-state index is 0.0296. The third-order valence-electron chi connectivity index (χ3n) is 3.31. The summed E-state index contributed by atoms with van der Waals surface area (Å²) in [6.07, 6.45) is 3.61. The molecule has 0 aromatic rings. The fraction of sp³-hybridized carbons (Fsp3) is 0.923. The molecule has 0 saturated carbocycles. The first-order valence-electron chi connectivity index (χ1n) is 6.63. The summed E-state index contributed by atoms with van der Waals surface area (Å²) in [5.74, 6) is 0.182. The number of carbonyl (C=O) groups is 1. The van der Waals surface area contributed by atoms with E-state index in [2.05, 4.69) is 11.8 Å². The van der Waals surface area contributed by atoms with Gasteiger partial charge in [-0.1, -0.05) is 6.92 Å². The average Bonchev–Trinajstić information content (AvgIpc) is 2.34. The van der Waals surface area contributed by atoms with Gasteiger partial charge in [-0.3, -0.25) is 9.69 Å². The summed E-state index contributed by atoms with van der Waals surface area (Å²) in [4.78, 5) is 15.8. The van der Waals surface area contributed by atoms with E-state index in [-0.39, 0.29) is 11.9 Å². The molecular formula is C13H26N2O2. The highest BCUT2D eigenvalue weighted by atomic mass is 16.5. The second-order valence-corrected chi connectivity index (χ2v) is 5.04. The van der Waals surface area contributed by atoms with Gasteiger partial charge >= 0.3 is 0 Å². The predicted molar refractivity (Wildman–Crippen MR) is 69.0 cm³/mol. The van der Waals surface area contributed by atoms with Gasteiger partial charge in [-0.05, 0) is 32.7 Å². The summed E-state index contributed by atoms with van der Waals surface area (Å²) in [5.41, 5.74) is 0. The topological polar surface area (TPSA) is 32.8 Å². The Morgan fingerprint density at radius 2 is 2.24 bits per heavy atom. The van der Waals surface area contributed by atoms with Crippen LogP contribution in [0.5, 0.6) is 0 Å². The van der Waals surface area contributed by atoms with Gasteiger partial charge in [0.25, 0.3) is 0 Å². The summed E-state index contributed by atoms with van der Waals surface area (Å²) >= 11 is 0. The van der Waals surface area contributed by atoms with E-state index in [9.17, 15) is 4.79 Å². The van der Waals surface area contributed by atoms with Crippen molar-refractivity contribution >= 4 is 5.91 Å². The lowest BCUT2D eigenvalue weighted by Crippen LogP contribution is -2.50. The molecule has 4 heteroatoms. The van der Waals surface area contributed by atoms with E-state index >= 15 is 0 Å².